The number of rotatable bonds is 6. The predicted molar refractivity (Wildman–Crippen MR) is 198 cm³/mol. The first-order chi connectivity index (χ1) is 25.9. The Kier molecular flexibility index (Phi) is 10.6. The molecule has 7 aliphatic rings. The molecule has 0 aromatic heterocycles. The summed E-state index contributed by atoms with van der Waals surface area (Å²) in [6.07, 6.45) is -10.3. The quantitative estimate of drug-likeness (QED) is 0.142. The Morgan fingerprint density at radius 2 is 1.45 bits per heavy atom. The fourth-order valence-corrected chi connectivity index (χ4v) is 13.5. The highest BCUT2D eigenvalue weighted by Crippen LogP contribution is 2.75. The van der Waals surface area contributed by atoms with Gasteiger partial charge < -0.3 is 59.8 Å². The van der Waals surface area contributed by atoms with Crippen LogP contribution < -0.4 is 0 Å². The van der Waals surface area contributed by atoms with E-state index in [1.54, 1.807) is 0 Å². The van der Waals surface area contributed by atoms with E-state index in [4.69, 9.17) is 18.9 Å². The summed E-state index contributed by atoms with van der Waals surface area (Å²) in [5.41, 5.74) is -1.07. The molecule has 318 valence electrons. The average molecular weight is 795 g/mol. The van der Waals surface area contributed by atoms with Gasteiger partial charge in [0.25, 0.3) is 0 Å². The maximum atomic E-state index is 14.3. The summed E-state index contributed by atoms with van der Waals surface area (Å²) in [4.78, 5) is 26.7. The molecule has 14 heteroatoms. The number of carbonyl (C=O) groups excluding carboxylic acids is 1. The van der Waals surface area contributed by atoms with Crippen LogP contribution in [0.25, 0.3) is 0 Å². The summed E-state index contributed by atoms with van der Waals surface area (Å²) in [5, 5.41) is 85.6. The lowest BCUT2D eigenvalue weighted by atomic mass is 9.33. The van der Waals surface area contributed by atoms with E-state index in [1.165, 1.54) is 5.57 Å². The number of carboxylic acid groups (broad SMARTS) is 1. The molecule has 0 radical (unpaired) electrons. The van der Waals surface area contributed by atoms with Gasteiger partial charge in [-0.1, -0.05) is 67.0 Å². The standard InChI is InChI=1S/C42H66O14/c1-37(2)15-16-39(5)20(17-37)19-9-10-23-40(6)13-12-24(38(3,4)22(40)11-14-41(23,7)42(19,8)33(50)32(39)49)54-36-29(48)30(28(47)31(56-36)34(51)52)55-35-27(46)26(45)25(44)21(18-43)53-35/h9,20-31,33,35-36,43-48,50H,10-18H2,1-8H3,(H,51,52)/t20-,21+,22-,23+,24-,25+,26-,27+,28-,29+,30-,31-,33-,35-,36+,39-,40-,41+,42-/m0/s1. The molecule has 0 aromatic carbocycles. The van der Waals surface area contributed by atoms with Crippen molar-refractivity contribution < 1.29 is 69.4 Å². The van der Waals surface area contributed by atoms with Crippen LogP contribution in [0.1, 0.15) is 107 Å². The van der Waals surface area contributed by atoms with E-state index in [2.05, 4.69) is 61.5 Å². The zero-order chi connectivity index (χ0) is 41.3. The Balaban J connectivity index is 1.14. The molecule has 8 N–H and O–H groups in total. The van der Waals surface area contributed by atoms with Gasteiger partial charge in [-0.15, -0.1) is 0 Å². The SMILES string of the molecule is CC1(C)CC[C@]2(C)C(=O)[C@H](O)[C@]3(C)C(=CC[C@@H]4[C@@]5(C)CC[C@H](O[C@@H]6O[C@H](C(=O)O)[C@@H](O)[C@H](O[C@@H]7O[C@H](CO)[C@@H](O)[C@H](O)[C@H]7O)[C@H]6O)C(C)(C)[C@@H]5CC[C@]43C)[C@@H]2C1. The minimum atomic E-state index is -1.95. The first-order valence-electron chi connectivity index (χ1n) is 20.7. The fourth-order valence-electron chi connectivity index (χ4n) is 13.5. The Morgan fingerprint density at radius 3 is 2.09 bits per heavy atom. The number of Topliss-reactive ketones (excluding diaryl/α,β-unsaturated/α-hetero) is 1. The highest BCUT2D eigenvalue weighted by molar-refractivity contribution is 5.92. The molecule has 0 aromatic rings. The number of ketones is 1. The number of hydrogen-bond acceptors (Lipinski definition) is 13. The molecule has 0 bridgehead atoms. The van der Waals surface area contributed by atoms with Crippen LogP contribution in [0.15, 0.2) is 11.6 Å². The van der Waals surface area contributed by atoms with Gasteiger partial charge in [-0.3, -0.25) is 4.79 Å². The van der Waals surface area contributed by atoms with Gasteiger partial charge in [0.15, 0.2) is 24.5 Å². The van der Waals surface area contributed by atoms with Crippen molar-refractivity contribution in [1.29, 1.82) is 0 Å². The number of allylic oxidation sites excluding steroid dienone is 1. The van der Waals surface area contributed by atoms with Crippen LogP contribution in [0.4, 0.5) is 0 Å². The maximum Gasteiger partial charge on any atom is 0.335 e. The lowest BCUT2D eigenvalue weighted by molar-refractivity contribution is -0.365. The second-order valence-corrected chi connectivity index (χ2v) is 20.8. The van der Waals surface area contributed by atoms with Crippen LogP contribution >= 0.6 is 0 Å². The van der Waals surface area contributed by atoms with Crippen LogP contribution in [0.5, 0.6) is 0 Å². The van der Waals surface area contributed by atoms with Gasteiger partial charge in [-0.05, 0) is 90.8 Å². The van der Waals surface area contributed by atoms with E-state index in [0.717, 1.165) is 44.9 Å². The summed E-state index contributed by atoms with van der Waals surface area (Å²) in [5.74, 6) is -1.23. The van der Waals surface area contributed by atoms with Gasteiger partial charge >= 0.3 is 5.97 Å². The minimum Gasteiger partial charge on any atom is -0.479 e. The van der Waals surface area contributed by atoms with E-state index in [-0.39, 0.29) is 39.8 Å². The smallest absolute Gasteiger partial charge is 0.335 e. The van der Waals surface area contributed by atoms with Crippen molar-refractivity contribution in [2.75, 3.05) is 6.61 Å². The molecule has 2 saturated heterocycles. The van der Waals surface area contributed by atoms with Gasteiger partial charge in [-0.2, -0.15) is 0 Å². The third-order valence-corrected chi connectivity index (χ3v) is 17.2. The predicted octanol–water partition coefficient (Wildman–Crippen LogP) is 2.06. The Labute approximate surface area is 329 Å². The van der Waals surface area contributed by atoms with Crippen LogP contribution in [0, 0.1) is 50.2 Å². The van der Waals surface area contributed by atoms with Crippen molar-refractivity contribution in [2.45, 2.75) is 180 Å². The van der Waals surface area contributed by atoms with E-state index in [0.29, 0.717) is 6.42 Å². The van der Waals surface area contributed by atoms with Crippen LogP contribution in [0.3, 0.4) is 0 Å². The number of ether oxygens (including phenoxy) is 4. The first kappa shape index (κ1) is 42.6. The Bertz CT molecular complexity index is 1580. The van der Waals surface area contributed by atoms with Crippen LogP contribution in [-0.2, 0) is 28.5 Å². The van der Waals surface area contributed by atoms with Crippen molar-refractivity contribution in [2.24, 2.45) is 50.2 Å². The molecule has 14 nitrogen and oxygen atoms in total. The minimum absolute atomic E-state index is 0.0195. The average Bonchev–Trinajstić information content (AvgIpc) is 3.12. The maximum absolute atomic E-state index is 14.3. The molecule has 7 rings (SSSR count). The van der Waals surface area contributed by atoms with Gasteiger partial charge in [0.2, 0.25) is 0 Å². The number of aliphatic hydroxyl groups excluding tert-OH is 7. The zero-order valence-corrected chi connectivity index (χ0v) is 34.1. The van der Waals surface area contributed by atoms with Crippen LogP contribution in [0.2, 0.25) is 0 Å². The highest BCUT2D eigenvalue weighted by Gasteiger charge is 2.72. The van der Waals surface area contributed by atoms with Crippen molar-refractivity contribution in [3.63, 3.8) is 0 Å². The number of carboxylic acids is 1. The largest absolute Gasteiger partial charge is 0.479 e. The molecule has 0 unspecified atom stereocenters. The molecule has 2 heterocycles. The summed E-state index contributed by atoms with van der Waals surface area (Å²) < 4.78 is 23.4. The number of aliphatic hydroxyl groups is 7. The molecular formula is C42H66O14. The van der Waals surface area contributed by atoms with Gasteiger partial charge in [0.05, 0.1) is 12.7 Å². The van der Waals surface area contributed by atoms with Crippen molar-refractivity contribution in [1.82, 2.24) is 0 Å². The van der Waals surface area contributed by atoms with E-state index in [1.807, 2.05) is 0 Å². The van der Waals surface area contributed by atoms with Crippen molar-refractivity contribution >= 4 is 11.8 Å². The Morgan fingerprint density at radius 1 is 0.786 bits per heavy atom. The van der Waals surface area contributed by atoms with E-state index < -0.39 is 102 Å². The van der Waals surface area contributed by atoms with Gasteiger partial charge in [0.1, 0.15) is 48.8 Å². The topological polar surface area (TPSA) is 233 Å². The van der Waals surface area contributed by atoms with E-state index >= 15 is 0 Å². The summed E-state index contributed by atoms with van der Waals surface area (Å²) in [7, 11) is 0. The number of carbonyl (C=O) groups is 2. The molecule has 5 aliphatic carbocycles. The zero-order valence-electron chi connectivity index (χ0n) is 34.1. The molecule has 0 amide bonds. The molecule has 0 spiro atoms. The molecule has 56 heavy (non-hydrogen) atoms. The monoisotopic (exact) mass is 794 g/mol. The number of fused-ring (bicyclic) bond motifs is 7. The molecule has 4 saturated carbocycles. The second kappa shape index (κ2) is 14.0. The number of aliphatic carboxylic acids is 1. The van der Waals surface area contributed by atoms with Crippen molar-refractivity contribution in [3.8, 4) is 0 Å². The number of hydrogen-bond donors (Lipinski definition) is 8. The first-order valence-corrected chi connectivity index (χ1v) is 20.7. The third-order valence-electron chi connectivity index (χ3n) is 17.2. The molecule has 19 atom stereocenters. The lowest BCUT2D eigenvalue weighted by Gasteiger charge is -2.71. The normalized spacial score (nSPS) is 53.8. The molecule has 6 fully saturated rings. The van der Waals surface area contributed by atoms with Gasteiger partial charge in [-0.25, -0.2) is 4.79 Å². The Hall–Kier alpha value is -1.56. The molecular weight excluding hydrogens is 728 g/mol. The van der Waals surface area contributed by atoms with Crippen LogP contribution in [-0.4, -0.2) is 133 Å². The fraction of sp³-hybridized carbons (Fsp3) is 0.905. The van der Waals surface area contributed by atoms with Crippen molar-refractivity contribution in [3.05, 3.63) is 11.6 Å². The van der Waals surface area contributed by atoms with Gasteiger partial charge in [0, 0.05) is 10.8 Å². The summed E-state index contributed by atoms with van der Waals surface area (Å²) in [6, 6.07) is 0. The second-order valence-electron chi connectivity index (χ2n) is 20.8. The third kappa shape index (κ3) is 5.97. The highest BCUT2D eigenvalue weighted by atomic mass is 16.7. The lowest BCUT2D eigenvalue weighted by Crippen LogP contribution is -2.70. The van der Waals surface area contributed by atoms with E-state index in [9.17, 15) is 50.4 Å². The molecule has 2 aliphatic heterocycles. The summed E-state index contributed by atoms with van der Waals surface area (Å²) in [6.45, 7) is 16.9. The summed E-state index contributed by atoms with van der Waals surface area (Å²) >= 11 is 0.